The van der Waals surface area contributed by atoms with Crippen LogP contribution >= 0.6 is 0 Å². The molecule has 26 heavy (non-hydrogen) atoms. The van der Waals surface area contributed by atoms with Crippen molar-refractivity contribution in [1.82, 2.24) is 20.9 Å². The molecule has 7 nitrogen and oxygen atoms in total. The van der Waals surface area contributed by atoms with Gasteiger partial charge >= 0.3 is 0 Å². The maximum absolute atomic E-state index is 14.7. The number of hydrogen-bond donors (Lipinski definition) is 3. The Hall–Kier alpha value is -3.16. The quantitative estimate of drug-likeness (QED) is 0.677. The zero-order valence-electron chi connectivity index (χ0n) is 14.2. The fourth-order valence-electron chi connectivity index (χ4n) is 2.79. The summed E-state index contributed by atoms with van der Waals surface area (Å²) in [7, 11) is 1.61. The van der Waals surface area contributed by atoms with Crippen LogP contribution in [-0.2, 0) is 9.59 Å². The largest absolute Gasteiger partial charge is 0.439 e. The highest BCUT2D eigenvalue weighted by Gasteiger charge is 2.35. The Balaban J connectivity index is 1.85. The predicted octanol–water partition coefficient (Wildman–Crippen LogP) is 1.46. The monoisotopic (exact) mass is 358 g/mol. The van der Waals surface area contributed by atoms with Crippen LogP contribution in [0.2, 0.25) is 0 Å². The average Bonchev–Trinajstić information content (AvgIpc) is 3.16. The van der Waals surface area contributed by atoms with E-state index < -0.39 is 18.1 Å². The number of nitrogens with one attached hydrogen (secondary N) is 3. The highest BCUT2D eigenvalue weighted by molar-refractivity contribution is 5.94. The van der Waals surface area contributed by atoms with E-state index in [0.717, 1.165) is 5.56 Å². The number of hydrogen-bond acceptors (Lipinski definition) is 6. The summed E-state index contributed by atoms with van der Waals surface area (Å²) in [6.45, 7) is -0.120. The number of halogens is 1. The van der Waals surface area contributed by atoms with Gasteiger partial charge in [-0.2, -0.15) is 0 Å². The van der Waals surface area contributed by atoms with E-state index >= 15 is 0 Å². The van der Waals surface area contributed by atoms with Gasteiger partial charge in [0.2, 0.25) is 5.89 Å². The van der Waals surface area contributed by atoms with Crippen LogP contribution in [0.3, 0.4) is 0 Å². The lowest BCUT2D eigenvalue weighted by molar-refractivity contribution is -0.119. The van der Waals surface area contributed by atoms with Crippen molar-refractivity contribution < 1.29 is 18.4 Å². The van der Waals surface area contributed by atoms with Crippen molar-refractivity contribution in [3.63, 3.8) is 0 Å². The van der Waals surface area contributed by atoms with E-state index in [4.69, 9.17) is 4.42 Å². The molecule has 1 aromatic carbocycles. The van der Waals surface area contributed by atoms with E-state index in [1.807, 2.05) is 30.3 Å². The molecular formula is C18H19FN4O3. The topological polar surface area (TPSA) is 96.3 Å². The number of amides is 1. The smallest absolute Gasteiger partial charge is 0.269 e. The van der Waals surface area contributed by atoms with Crippen LogP contribution < -0.4 is 16.0 Å². The van der Waals surface area contributed by atoms with Gasteiger partial charge in [0.25, 0.3) is 5.91 Å². The van der Waals surface area contributed by atoms with E-state index in [-0.39, 0.29) is 18.7 Å². The minimum absolute atomic E-state index is 0.0133. The van der Waals surface area contributed by atoms with E-state index in [1.54, 1.807) is 7.05 Å². The molecule has 1 aliphatic heterocycles. The molecule has 1 amide bonds. The van der Waals surface area contributed by atoms with Crippen LogP contribution in [0.4, 0.5) is 4.39 Å². The number of rotatable bonds is 6. The molecule has 0 aliphatic carbocycles. The predicted molar refractivity (Wildman–Crippen MR) is 92.5 cm³/mol. The lowest BCUT2D eigenvalue weighted by Crippen LogP contribution is -2.43. The Morgan fingerprint density at radius 3 is 2.88 bits per heavy atom. The molecule has 3 N–H and O–H groups in total. The van der Waals surface area contributed by atoms with Gasteiger partial charge in [-0.3, -0.25) is 4.79 Å². The van der Waals surface area contributed by atoms with Gasteiger partial charge in [0, 0.05) is 24.7 Å². The summed E-state index contributed by atoms with van der Waals surface area (Å²) in [5.41, 5.74) is 1.39. The Morgan fingerprint density at radius 1 is 1.42 bits per heavy atom. The van der Waals surface area contributed by atoms with E-state index in [2.05, 4.69) is 20.9 Å². The lowest BCUT2D eigenvalue weighted by atomic mass is 9.99. The Kier molecular flexibility index (Phi) is 5.31. The Labute approximate surface area is 149 Å². The molecule has 2 unspecified atom stereocenters. The van der Waals surface area contributed by atoms with Crippen molar-refractivity contribution in [3.05, 3.63) is 53.7 Å². The normalized spacial score (nSPS) is 19.6. The third-order valence-corrected chi connectivity index (χ3v) is 4.09. The Bertz CT molecular complexity index is 819. The Morgan fingerprint density at radius 2 is 2.19 bits per heavy atom. The van der Waals surface area contributed by atoms with Crippen LogP contribution in [0.1, 0.15) is 18.2 Å². The molecule has 2 heterocycles. The third-order valence-electron chi connectivity index (χ3n) is 4.09. The second-order valence-corrected chi connectivity index (χ2v) is 5.76. The summed E-state index contributed by atoms with van der Waals surface area (Å²) in [6.07, 6.45) is 0.743. The molecule has 0 saturated heterocycles. The summed E-state index contributed by atoms with van der Waals surface area (Å²) in [5.74, 6) is 0.193. The van der Waals surface area contributed by atoms with E-state index in [9.17, 15) is 14.0 Å². The summed E-state index contributed by atoms with van der Waals surface area (Å²) in [4.78, 5) is 26.9. The lowest BCUT2D eigenvalue weighted by Gasteiger charge is -2.30. The van der Waals surface area contributed by atoms with Crippen molar-refractivity contribution in [2.75, 3.05) is 13.6 Å². The van der Waals surface area contributed by atoms with Crippen LogP contribution in [0.5, 0.6) is 0 Å². The molecular weight excluding hydrogens is 339 g/mol. The number of aromatic nitrogens is 1. The average molecular weight is 358 g/mol. The van der Waals surface area contributed by atoms with Gasteiger partial charge in [-0.1, -0.05) is 18.2 Å². The summed E-state index contributed by atoms with van der Waals surface area (Å²) in [5, 5.41) is 8.15. The van der Waals surface area contributed by atoms with Crippen molar-refractivity contribution in [1.29, 1.82) is 0 Å². The number of nitrogens with zero attached hydrogens (tertiary/aromatic N) is 1. The van der Waals surface area contributed by atoms with Crippen LogP contribution in [-0.4, -0.2) is 36.9 Å². The molecule has 0 spiro atoms. The van der Waals surface area contributed by atoms with Crippen molar-refractivity contribution in [3.8, 4) is 11.5 Å². The third kappa shape index (κ3) is 3.58. The second kappa shape index (κ2) is 7.81. The molecule has 2 aromatic rings. The highest BCUT2D eigenvalue weighted by Crippen LogP contribution is 2.32. The zero-order valence-corrected chi connectivity index (χ0v) is 14.2. The van der Waals surface area contributed by atoms with Gasteiger partial charge in [0.05, 0.1) is 12.7 Å². The summed E-state index contributed by atoms with van der Waals surface area (Å²) >= 11 is 0. The molecule has 1 aliphatic rings. The molecule has 1 aromatic heterocycles. The first kappa shape index (κ1) is 17.7. The molecule has 3 rings (SSSR count). The van der Waals surface area contributed by atoms with Gasteiger partial charge in [-0.15, -0.1) is 0 Å². The second-order valence-electron chi connectivity index (χ2n) is 5.76. The molecule has 0 fully saturated rings. The first-order valence-electron chi connectivity index (χ1n) is 8.18. The summed E-state index contributed by atoms with van der Waals surface area (Å²) in [6, 6.07) is 8.42. The van der Waals surface area contributed by atoms with Crippen LogP contribution in [0, 0.1) is 0 Å². The van der Waals surface area contributed by atoms with Crippen molar-refractivity contribution in [2.24, 2.45) is 0 Å². The number of alkyl halides is 1. The van der Waals surface area contributed by atoms with Gasteiger partial charge < -0.3 is 25.2 Å². The zero-order chi connectivity index (χ0) is 18.5. The van der Waals surface area contributed by atoms with E-state index in [1.165, 1.54) is 6.20 Å². The van der Waals surface area contributed by atoms with E-state index in [0.29, 0.717) is 23.6 Å². The maximum atomic E-state index is 14.7. The number of allylic oxidation sites excluding steroid dienone is 1. The standard InChI is InChI=1S/C18H19FN4O3/c1-20-13-9-12(19)15(23-16(13)17(25)21-7-8-24)14-10-22-18(26-14)11-5-3-2-4-6-11/h2-6,8,10,12,15,20,23H,7,9H2,1H3,(H,21,25). The van der Waals surface area contributed by atoms with Gasteiger partial charge in [-0.05, 0) is 12.1 Å². The SMILES string of the molecule is CNC1=C(C(=O)NCC=O)NC(c2cnc(-c3ccccc3)o2)C(F)C1. The minimum atomic E-state index is -1.31. The minimum Gasteiger partial charge on any atom is -0.439 e. The molecule has 0 radical (unpaired) electrons. The number of aldehydes is 1. The highest BCUT2D eigenvalue weighted by atomic mass is 19.1. The van der Waals surface area contributed by atoms with Crippen LogP contribution in [0.25, 0.3) is 11.5 Å². The number of carbonyl (C=O) groups is 2. The molecule has 136 valence electrons. The van der Waals surface area contributed by atoms with Crippen molar-refractivity contribution in [2.45, 2.75) is 18.6 Å². The number of oxazole rings is 1. The molecule has 8 heteroatoms. The van der Waals surface area contributed by atoms with Gasteiger partial charge in [0.15, 0.2) is 0 Å². The fraction of sp³-hybridized carbons (Fsp3) is 0.278. The van der Waals surface area contributed by atoms with Gasteiger partial charge in [-0.25, -0.2) is 9.37 Å². The van der Waals surface area contributed by atoms with Crippen molar-refractivity contribution >= 4 is 12.2 Å². The number of benzene rings is 1. The number of carbonyl (C=O) groups excluding carboxylic acids is 2. The first-order valence-corrected chi connectivity index (χ1v) is 8.18. The summed E-state index contributed by atoms with van der Waals surface area (Å²) < 4.78 is 20.4. The molecule has 0 bridgehead atoms. The molecule has 0 saturated carbocycles. The molecule has 2 atom stereocenters. The fourth-order valence-corrected chi connectivity index (χ4v) is 2.79. The first-order chi connectivity index (χ1) is 12.6. The maximum Gasteiger partial charge on any atom is 0.269 e. The van der Waals surface area contributed by atoms with Crippen LogP contribution in [0.15, 0.2) is 52.3 Å². The van der Waals surface area contributed by atoms with Gasteiger partial charge in [0.1, 0.15) is 30.0 Å².